The van der Waals surface area contributed by atoms with Crippen molar-refractivity contribution in [3.63, 3.8) is 0 Å². The Bertz CT molecular complexity index is 565. The topological polar surface area (TPSA) is 59.8 Å². The van der Waals surface area contributed by atoms with E-state index in [2.05, 4.69) is 10.1 Å². The van der Waals surface area contributed by atoms with Gasteiger partial charge >= 0.3 is 6.18 Å². The van der Waals surface area contributed by atoms with E-state index in [4.69, 9.17) is 0 Å². The minimum absolute atomic E-state index is 0.0492. The van der Waals surface area contributed by atoms with E-state index in [0.717, 1.165) is 0 Å². The van der Waals surface area contributed by atoms with E-state index in [-0.39, 0.29) is 5.56 Å². The van der Waals surface area contributed by atoms with E-state index in [0.29, 0.717) is 5.69 Å². The number of rotatable bonds is 3. The molecule has 2 aromatic heterocycles. The van der Waals surface area contributed by atoms with Crippen LogP contribution < -0.4 is 5.32 Å². The molecule has 2 aromatic rings. The molecule has 0 fully saturated rings. The van der Waals surface area contributed by atoms with Crippen LogP contribution in [-0.2, 0) is 0 Å². The summed E-state index contributed by atoms with van der Waals surface area (Å²) in [5.41, 5.74) is 0.658. The van der Waals surface area contributed by atoms with Gasteiger partial charge < -0.3 is 5.32 Å². The SMILES string of the molecule is O=C(NCC(F)(F)F)c1cnn(-c2cccnc2)c1. The Kier molecular flexibility index (Phi) is 3.50. The smallest absolute Gasteiger partial charge is 0.343 e. The number of amides is 1. The lowest BCUT2D eigenvalue weighted by atomic mass is 10.3. The third-order valence-electron chi connectivity index (χ3n) is 2.20. The maximum absolute atomic E-state index is 12.0. The third-order valence-corrected chi connectivity index (χ3v) is 2.20. The van der Waals surface area contributed by atoms with Crippen LogP contribution in [-0.4, -0.2) is 33.4 Å². The van der Waals surface area contributed by atoms with Crippen LogP contribution in [0.5, 0.6) is 0 Å². The Labute approximate surface area is 106 Å². The molecule has 2 heterocycles. The first-order valence-electron chi connectivity index (χ1n) is 5.26. The molecule has 0 aliphatic carbocycles. The van der Waals surface area contributed by atoms with Crippen molar-refractivity contribution in [2.75, 3.05) is 6.54 Å². The molecule has 100 valence electrons. The van der Waals surface area contributed by atoms with Crippen molar-refractivity contribution in [2.45, 2.75) is 6.18 Å². The number of aromatic nitrogens is 3. The van der Waals surface area contributed by atoms with Crippen molar-refractivity contribution in [2.24, 2.45) is 0 Å². The summed E-state index contributed by atoms with van der Waals surface area (Å²) in [6.45, 7) is -1.37. The van der Waals surface area contributed by atoms with Gasteiger partial charge in [-0.25, -0.2) is 4.68 Å². The molecule has 0 atom stereocenters. The Balaban J connectivity index is 2.07. The van der Waals surface area contributed by atoms with Gasteiger partial charge in [0.25, 0.3) is 5.91 Å². The first-order chi connectivity index (χ1) is 8.96. The number of hydrogen-bond acceptors (Lipinski definition) is 3. The van der Waals surface area contributed by atoms with Gasteiger partial charge in [0, 0.05) is 12.4 Å². The van der Waals surface area contributed by atoms with Gasteiger partial charge in [-0.15, -0.1) is 0 Å². The van der Waals surface area contributed by atoms with E-state index in [1.807, 2.05) is 0 Å². The molecule has 0 saturated carbocycles. The summed E-state index contributed by atoms with van der Waals surface area (Å²) < 4.78 is 37.2. The fraction of sp³-hybridized carbons (Fsp3) is 0.182. The van der Waals surface area contributed by atoms with Crippen LogP contribution in [0, 0.1) is 0 Å². The zero-order valence-corrected chi connectivity index (χ0v) is 9.55. The van der Waals surface area contributed by atoms with Crippen LogP contribution in [0.1, 0.15) is 10.4 Å². The molecule has 0 spiro atoms. The summed E-state index contributed by atoms with van der Waals surface area (Å²) in [5, 5.41) is 5.66. The van der Waals surface area contributed by atoms with E-state index in [1.54, 1.807) is 23.6 Å². The molecule has 1 N–H and O–H groups in total. The second-order valence-electron chi connectivity index (χ2n) is 3.68. The quantitative estimate of drug-likeness (QED) is 0.920. The maximum atomic E-state index is 12.0. The molecule has 1 amide bonds. The van der Waals surface area contributed by atoms with Crippen LogP contribution in [0.15, 0.2) is 36.9 Å². The molecule has 0 bridgehead atoms. The lowest BCUT2D eigenvalue weighted by Gasteiger charge is -2.06. The predicted octanol–water partition coefficient (Wildman–Crippen LogP) is 1.56. The largest absolute Gasteiger partial charge is 0.405 e. The summed E-state index contributed by atoms with van der Waals surface area (Å²) in [7, 11) is 0. The summed E-state index contributed by atoms with van der Waals surface area (Å²) in [5.74, 6) is -0.826. The zero-order valence-electron chi connectivity index (χ0n) is 9.55. The van der Waals surface area contributed by atoms with Gasteiger partial charge in [-0.1, -0.05) is 0 Å². The van der Waals surface area contributed by atoms with Gasteiger partial charge in [0.2, 0.25) is 0 Å². The summed E-state index contributed by atoms with van der Waals surface area (Å²) in [4.78, 5) is 15.3. The Morgan fingerprint density at radius 2 is 2.16 bits per heavy atom. The Hall–Kier alpha value is -2.38. The second-order valence-corrected chi connectivity index (χ2v) is 3.68. The fourth-order valence-corrected chi connectivity index (χ4v) is 1.35. The van der Waals surface area contributed by atoms with Gasteiger partial charge in [0.15, 0.2) is 0 Å². The standard InChI is InChI=1S/C11H9F3N4O/c12-11(13,14)7-16-10(19)8-4-17-18(6-8)9-2-1-3-15-5-9/h1-6H,7H2,(H,16,19). The number of hydrogen-bond donors (Lipinski definition) is 1. The van der Waals surface area contributed by atoms with Crippen LogP contribution >= 0.6 is 0 Å². The van der Waals surface area contributed by atoms with Gasteiger partial charge in [-0.2, -0.15) is 18.3 Å². The molecule has 0 aliphatic heterocycles. The number of carbonyl (C=O) groups is 1. The molecule has 0 saturated heterocycles. The zero-order chi connectivity index (χ0) is 13.9. The molecular weight excluding hydrogens is 261 g/mol. The van der Waals surface area contributed by atoms with Crippen LogP contribution in [0.3, 0.4) is 0 Å². The van der Waals surface area contributed by atoms with Crippen LogP contribution in [0.2, 0.25) is 0 Å². The predicted molar refractivity (Wildman–Crippen MR) is 59.7 cm³/mol. The molecule has 5 nitrogen and oxygen atoms in total. The number of pyridine rings is 1. The minimum atomic E-state index is -4.44. The average molecular weight is 270 g/mol. The van der Waals surface area contributed by atoms with Crippen molar-refractivity contribution in [3.8, 4) is 5.69 Å². The highest BCUT2D eigenvalue weighted by molar-refractivity contribution is 5.93. The average Bonchev–Trinajstić information content (AvgIpc) is 2.86. The molecule has 0 radical (unpaired) electrons. The second kappa shape index (κ2) is 5.09. The van der Waals surface area contributed by atoms with Crippen LogP contribution in [0.4, 0.5) is 13.2 Å². The third kappa shape index (κ3) is 3.54. The molecular formula is C11H9F3N4O. The van der Waals surface area contributed by atoms with Crippen molar-refractivity contribution in [3.05, 3.63) is 42.5 Å². The monoisotopic (exact) mass is 270 g/mol. The van der Waals surface area contributed by atoms with E-state index < -0.39 is 18.6 Å². The van der Waals surface area contributed by atoms with E-state index in [9.17, 15) is 18.0 Å². The highest BCUT2D eigenvalue weighted by atomic mass is 19.4. The first-order valence-corrected chi connectivity index (χ1v) is 5.26. The Morgan fingerprint density at radius 3 is 2.79 bits per heavy atom. The lowest BCUT2D eigenvalue weighted by molar-refractivity contribution is -0.123. The number of nitrogens with one attached hydrogen (secondary N) is 1. The number of nitrogens with zero attached hydrogens (tertiary/aromatic N) is 3. The molecule has 0 aliphatic rings. The number of alkyl halides is 3. The van der Waals surface area contributed by atoms with Gasteiger partial charge in [0.05, 0.1) is 23.6 Å². The molecule has 8 heteroatoms. The lowest BCUT2D eigenvalue weighted by Crippen LogP contribution is -2.33. The minimum Gasteiger partial charge on any atom is -0.343 e. The van der Waals surface area contributed by atoms with Crippen molar-refractivity contribution in [1.29, 1.82) is 0 Å². The first kappa shape index (κ1) is 13.1. The highest BCUT2D eigenvalue weighted by Gasteiger charge is 2.28. The highest BCUT2D eigenvalue weighted by Crippen LogP contribution is 2.13. The molecule has 0 aromatic carbocycles. The van der Waals surface area contributed by atoms with Crippen molar-refractivity contribution < 1.29 is 18.0 Å². The molecule has 2 rings (SSSR count). The normalized spacial score (nSPS) is 11.3. The van der Waals surface area contributed by atoms with Crippen molar-refractivity contribution in [1.82, 2.24) is 20.1 Å². The van der Waals surface area contributed by atoms with Gasteiger partial charge in [0.1, 0.15) is 6.54 Å². The van der Waals surface area contributed by atoms with E-state index >= 15 is 0 Å². The fourth-order valence-electron chi connectivity index (χ4n) is 1.35. The number of halogens is 3. The summed E-state index contributed by atoms with van der Waals surface area (Å²) in [6.07, 6.45) is 1.19. The summed E-state index contributed by atoms with van der Waals surface area (Å²) in [6, 6.07) is 3.39. The van der Waals surface area contributed by atoms with Crippen LogP contribution in [0.25, 0.3) is 5.69 Å². The number of carbonyl (C=O) groups excluding carboxylic acids is 1. The maximum Gasteiger partial charge on any atom is 0.405 e. The Morgan fingerprint density at radius 1 is 1.37 bits per heavy atom. The summed E-state index contributed by atoms with van der Waals surface area (Å²) >= 11 is 0. The van der Waals surface area contributed by atoms with Gasteiger partial charge in [-0.05, 0) is 12.1 Å². The van der Waals surface area contributed by atoms with Crippen molar-refractivity contribution >= 4 is 5.91 Å². The van der Waals surface area contributed by atoms with E-state index in [1.165, 1.54) is 23.3 Å². The molecule has 19 heavy (non-hydrogen) atoms. The van der Waals surface area contributed by atoms with Gasteiger partial charge in [-0.3, -0.25) is 9.78 Å². The molecule has 0 unspecified atom stereocenters.